The number of hydrogen-bond donors (Lipinski definition) is 0. The summed E-state index contributed by atoms with van der Waals surface area (Å²) >= 11 is 0. The highest BCUT2D eigenvalue weighted by Gasteiger charge is 2.43. The van der Waals surface area contributed by atoms with Crippen LogP contribution in [0.2, 0.25) is 0 Å². The van der Waals surface area contributed by atoms with Crippen LogP contribution in [0, 0.1) is 6.92 Å². The van der Waals surface area contributed by atoms with Crippen LogP contribution in [0.4, 0.5) is 0 Å². The second-order valence-corrected chi connectivity index (χ2v) is 3.50. The summed E-state index contributed by atoms with van der Waals surface area (Å²) in [6, 6.07) is 8.11. The number of epoxide rings is 1. The highest BCUT2D eigenvalue weighted by atomic mass is 16.6. The minimum Gasteiger partial charge on any atom is -0.356 e. The van der Waals surface area contributed by atoms with Crippen molar-refractivity contribution in [2.75, 3.05) is 0 Å². The Morgan fingerprint density at radius 1 is 1.31 bits per heavy atom. The SMILES string of the molecule is CC(=O)[C@H]1O[C@@H]1c1ccc(C)cc1. The molecule has 1 saturated heterocycles. The average molecular weight is 176 g/mol. The van der Waals surface area contributed by atoms with Gasteiger partial charge in [-0.1, -0.05) is 29.8 Å². The van der Waals surface area contributed by atoms with Crippen LogP contribution in [-0.2, 0) is 9.53 Å². The van der Waals surface area contributed by atoms with Gasteiger partial charge in [0.1, 0.15) is 12.2 Å². The molecule has 2 nitrogen and oxygen atoms in total. The van der Waals surface area contributed by atoms with Crippen LogP contribution in [0.3, 0.4) is 0 Å². The third-order valence-electron chi connectivity index (χ3n) is 2.30. The summed E-state index contributed by atoms with van der Waals surface area (Å²) < 4.78 is 5.25. The number of ketones is 1. The predicted molar refractivity (Wildman–Crippen MR) is 49.5 cm³/mol. The number of carbonyl (C=O) groups excluding carboxylic acids is 1. The minimum absolute atomic E-state index is 0.0121. The largest absolute Gasteiger partial charge is 0.356 e. The van der Waals surface area contributed by atoms with Crippen LogP contribution in [-0.4, -0.2) is 11.9 Å². The van der Waals surface area contributed by atoms with E-state index < -0.39 is 0 Å². The molecule has 0 amide bonds. The summed E-state index contributed by atoms with van der Waals surface area (Å²) in [4.78, 5) is 10.9. The molecule has 0 aromatic heterocycles. The first-order valence-corrected chi connectivity index (χ1v) is 4.41. The van der Waals surface area contributed by atoms with Gasteiger partial charge in [0, 0.05) is 0 Å². The lowest BCUT2D eigenvalue weighted by Crippen LogP contribution is -2.00. The van der Waals surface area contributed by atoms with Gasteiger partial charge in [0.05, 0.1) is 0 Å². The maximum absolute atomic E-state index is 10.9. The van der Waals surface area contributed by atoms with E-state index in [1.54, 1.807) is 6.92 Å². The Hall–Kier alpha value is -1.15. The van der Waals surface area contributed by atoms with Gasteiger partial charge in [0.2, 0.25) is 0 Å². The first-order valence-electron chi connectivity index (χ1n) is 4.41. The number of carbonyl (C=O) groups is 1. The molecule has 0 radical (unpaired) electrons. The summed E-state index contributed by atoms with van der Waals surface area (Å²) in [5.41, 5.74) is 2.33. The normalized spacial score (nSPS) is 25.7. The van der Waals surface area contributed by atoms with Gasteiger partial charge in [0.15, 0.2) is 5.78 Å². The number of hydrogen-bond acceptors (Lipinski definition) is 2. The molecular weight excluding hydrogens is 164 g/mol. The Labute approximate surface area is 77.5 Å². The van der Waals surface area contributed by atoms with E-state index in [1.165, 1.54) is 5.56 Å². The molecule has 0 aliphatic carbocycles. The van der Waals surface area contributed by atoms with E-state index in [1.807, 2.05) is 31.2 Å². The lowest BCUT2D eigenvalue weighted by molar-refractivity contribution is -0.118. The van der Waals surface area contributed by atoms with Crippen molar-refractivity contribution in [2.45, 2.75) is 26.1 Å². The first-order chi connectivity index (χ1) is 6.18. The van der Waals surface area contributed by atoms with Crippen molar-refractivity contribution >= 4 is 5.78 Å². The highest BCUT2D eigenvalue weighted by Crippen LogP contribution is 2.38. The van der Waals surface area contributed by atoms with Crippen molar-refractivity contribution < 1.29 is 9.53 Å². The Morgan fingerprint density at radius 2 is 1.92 bits per heavy atom. The zero-order valence-electron chi connectivity index (χ0n) is 7.78. The highest BCUT2D eigenvalue weighted by molar-refractivity contribution is 5.83. The van der Waals surface area contributed by atoms with Gasteiger partial charge in [-0.15, -0.1) is 0 Å². The molecule has 0 saturated carbocycles. The molecule has 0 bridgehead atoms. The molecule has 1 aromatic rings. The molecular formula is C11H12O2. The van der Waals surface area contributed by atoms with Gasteiger partial charge >= 0.3 is 0 Å². The second kappa shape index (κ2) is 2.96. The Balaban J connectivity index is 2.12. The number of Topliss-reactive ketones (excluding diaryl/α,β-unsaturated/α-hetero) is 1. The van der Waals surface area contributed by atoms with E-state index in [4.69, 9.17) is 4.74 Å². The average Bonchev–Trinajstić information content (AvgIpc) is 2.85. The van der Waals surface area contributed by atoms with E-state index in [-0.39, 0.29) is 18.0 Å². The fourth-order valence-electron chi connectivity index (χ4n) is 1.43. The summed E-state index contributed by atoms with van der Waals surface area (Å²) in [7, 11) is 0. The van der Waals surface area contributed by atoms with Crippen molar-refractivity contribution in [3.05, 3.63) is 35.4 Å². The third-order valence-corrected chi connectivity index (χ3v) is 2.30. The second-order valence-electron chi connectivity index (χ2n) is 3.50. The minimum atomic E-state index is -0.192. The fraction of sp³-hybridized carbons (Fsp3) is 0.364. The fourth-order valence-corrected chi connectivity index (χ4v) is 1.43. The van der Waals surface area contributed by atoms with Crippen molar-refractivity contribution in [3.63, 3.8) is 0 Å². The van der Waals surface area contributed by atoms with Crippen LogP contribution in [0.25, 0.3) is 0 Å². The molecule has 2 atom stereocenters. The molecule has 1 fully saturated rings. The quantitative estimate of drug-likeness (QED) is 0.645. The summed E-state index contributed by atoms with van der Waals surface area (Å²) in [6.07, 6.45) is -0.180. The molecule has 0 N–H and O–H groups in total. The zero-order chi connectivity index (χ0) is 9.42. The van der Waals surface area contributed by atoms with Crippen LogP contribution in [0.1, 0.15) is 24.2 Å². The molecule has 68 valence electrons. The van der Waals surface area contributed by atoms with Crippen LogP contribution in [0.5, 0.6) is 0 Å². The molecule has 13 heavy (non-hydrogen) atoms. The summed E-state index contributed by atoms with van der Waals surface area (Å²) in [6.45, 7) is 3.61. The van der Waals surface area contributed by atoms with E-state index in [9.17, 15) is 4.79 Å². The maximum Gasteiger partial charge on any atom is 0.161 e. The number of benzene rings is 1. The molecule has 1 heterocycles. The molecule has 2 rings (SSSR count). The van der Waals surface area contributed by atoms with Crippen LogP contribution >= 0.6 is 0 Å². The summed E-state index contributed by atoms with van der Waals surface area (Å²) in [5, 5.41) is 0. The van der Waals surface area contributed by atoms with Gasteiger partial charge in [-0.25, -0.2) is 0 Å². The zero-order valence-corrected chi connectivity index (χ0v) is 7.78. The summed E-state index contributed by atoms with van der Waals surface area (Å²) in [5.74, 6) is 0.116. The lowest BCUT2D eigenvalue weighted by atomic mass is 10.1. The van der Waals surface area contributed by atoms with E-state index >= 15 is 0 Å². The molecule has 1 aliphatic heterocycles. The standard InChI is InChI=1S/C11H12O2/c1-7-3-5-9(6-4-7)11-10(13-11)8(2)12/h3-6,10-11H,1-2H3/t10-,11-/m1/s1. The van der Waals surface area contributed by atoms with Gasteiger partial charge in [0.25, 0.3) is 0 Å². The topological polar surface area (TPSA) is 29.6 Å². The molecule has 0 spiro atoms. The Bertz CT molecular complexity index is 326. The lowest BCUT2D eigenvalue weighted by Gasteiger charge is -1.95. The molecule has 1 aliphatic rings. The predicted octanol–water partition coefficient (Wildman–Crippen LogP) is 2.02. The molecule has 2 heteroatoms. The van der Waals surface area contributed by atoms with Gasteiger partial charge in [-0.2, -0.15) is 0 Å². The van der Waals surface area contributed by atoms with Crippen molar-refractivity contribution in [3.8, 4) is 0 Å². The van der Waals surface area contributed by atoms with E-state index in [2.05, 4.69) is 0 Å². The van der Waals surface area contributed by atoms with Crippen LogP contribution < -0.4 is 0 Å². The van der Waals surface area contributed by atoms with E-state index in [0.29, 0.717) is 0 Å². The van der Waals surface area contributed by atoms with E-state index in [0.717, 1.165) is 5.56 Å². The van der Waals surface area contributed by atoms with Crippen molar-refractivity contribution in [1.82, 2.24) is 0 Å². The van der Waals surface area contributed by atoms with Gasteiger partial charge in [-0.05, 0) is 19.4 Å². The Morgan fingerprint density at radius 3 is 2.38 bits per heavy atom. The smallest absolute Gasteiger partial charge is 0.161 e. The van der Waals surface area contributed by atoms with Gasteiger partial charge < -0.3 is 4.74 Å². The van der Waals surface area contributed by atoms with Crippen LogP contribution in [0.15, 0.2) is 24.3 Å². The maximum atomic E-state index is 10.9. The molecule has 1 aromatic carbocycles. The Kier molecular flexibility index (Phi) is 1.93. The third kappa shape index (κ3) is 1.63. The number of aryl methyl sites for hydroxylation is 1. The van der Waals surface area contributed by atoms with Gasteiger partial charge in [-0.3, -0.25) is 4.79 Å². The monoisotopic (exact) mass is 176 g/mol. The van der Waals surface area contributed by atoms with Crippen molar-refractivity contribution in [1.29, 1.82) is 0 Å². The first kappa shape index (κ1) is 8.45. The molecule has 0 unspecified atom stereocenters. The number of ether oxygens (including phenoxy) is 1. The van der Waals surface area contributed by atoms with Crippen molar-refractivity contribution in [2.24, 2.45) is 0 Å². The number of rotatable bonds is 2.